The Balaban J connectivity index is 2.21. The molecule has 19 heavy (non-hydrogen) atoms. The molecule has 4 heteroatoms. The Hall–Kier alpha value is -1.74. The second-order valence-electron chi connectivity index (χ2n) is 3.87. The summed E-state index contributed by atoms with van der Waals surface area (Å²) in [5.41, 5.74) is 0.621. The van der Waals surface area contributed by atoms with Crippen molar-refractivity contribution in [3.63, 3.8) is 0 Å². The molecule has 0 fully saturated rings. The van der Waals surface area contributed by atoms with Crippen LogP contribution in [0.15, 0.2) is 42.5 Å². The van der Waals surface area contributed by atoms with Gasteiger partial charge in [0.15, 0.2) is 11.6 Å². The molecule has 0 heterocycles. The third-order valence-electron chi connectivity index (χ3n) is 2.55. The highest BCUT2D eigenvalue weighted by Crippen LogP contribution is 2.30. The van der Waals surface area contributed by atoms with Crippen LogP contribution in [-0.2, 0) is 5.88 Å². The van der Waals surface area contributed by atoms with Gasteiger partial charge in [-0.2, -0.15) is 0 Å². The molecule has 0 saturated carbocycles. The Kier molecular flexibility index (Phi) is 4.63. The highest BCUT2D eigenvalue weighted by atomic mass is 35.5. The molecule has 0 spiro atoms. The summed E-state index contributed by atoms with van der Waals surface area (Å²) < 4.78 is 24.6. The first-order valence-electron chi connectivity index (χ1n) is 5.98. The molecule has 0 amide bonds. The number of hydrogen-bond donors (Lipinski definition) is 0. The molecule has 2 rings (SSSR count). The minimum Gasteiger partial charge on any atom is -0.494 e. The summed E-state index contributed by atoms with van der Waals surface area (Å²) in [7, 11) is 0. The average molecular weight is 281 g/mol. The zero-order chi connectivity index (χ0) is 13.7. The number of ether oxygens (including phenoxy) is 2. The summed E-state index contributed by atoms with van der Waals surface area (Å²) >= 11 is 5.77. The summed E-state index contributed by atoms with van der Waals surface area (Å²) in [6.07, 6.45) is 0. The Morgan fingerprint density at radius 1 is 1.05 bits per heavy atom. The van der Waals surface area contributed by atoms with Crippen LogP contribution >= 0.6 is 11.6 Å². The van der Waals surface area contributed by atoms with E-state index in [0.717, 1.165) is 5.75 Å². The van der Waals surface area contributed by atoms with E-state index >= 15 is 0 Å². The lowest BCUT2D eigenvalue weighted by Gasteiger charge is -2.11. The Morgan fingerprint density at radius 3 is 2.37 bits per heavy atom. The van der Waals surface area contributed by atoms with E-state index in [-0.39, 0.29) is 11.6 Å². The van der Waals surface area contributed by atoms with E-state index < -0.39 is 5.82 Å². The monoisotopic (exact) mass is 280 g/mol. The summed E-state index contributed by atoms with van der Waals surface area (Å²) in [4.78, 5) is 0. The van der Waals surface area contributed by atoms with Crippen LogP contribution in [0.4, 0.5) is 4.39 Å². The molecule has 0 unspecified atom stereocenters. The normalized spacial score (nSPS) is 10.3. The molecule has 100 valence electrons. The first kappa shape index (κ1) is 13.7. The second kappa shape index (κ2) is 6.43. The van der Waals surface area contributed by atoms with Crippen LogP contribution in [0.1, 0.15) is 12.5 Å². The Labute approximate surface area is 116 Å². The maximum Gasteiger partial charge on any atom is 0.167 e. The predicted octanol–water partition coefficient (Wildman–Crippen LogP) is 4.76. The van der Waals surface area contributed by atoms with Crippen molar-refractivity contribution in [2.24, 2.45) is 0 Å². The lowest BCUT2D eigenvalue weighted by Crippen LogP contribution is -1.94. The van der Waals surface area contributed by atoms with Crippen LogP contribution in [0, 0.1) is 5.82 Å². The van der Waals surface area contributed by atoms with Crippen LogP contribution in [0.3, 0.4) is 0 Å². The van der Waals surface area contributed by atoms with Gasteiger partial charge in [0.25, 0.3) is 0 Å². The van der Waals surface area contributed by atoms with E-state index in [0.29, 0.717) is 17.9 Å². The molecule has 0 aliphatic carbocycles. The largest absolute Gasteiger partial charge is 0.494 e. The number of rotatable bonds is 5. The Morgan fingerprint density at radius 2 is 1.74 bits per heavy atom. The molecule has 0 atom stereocenters. The lowest BCUT2D eigenvalue weighted by atomic mass is 10.2. The maximum atomic E-state index is 13.7. The van der Waals surface area contributed by atoms with Crippen LogP contribution in [0.2, 0.25) is 0 Å². The van der Waals surface area contributed by atoms with Crippen molar-refractivity contribution in [1.82, 2.24) is 0 Å². The van der Waals surface area contributed by atoms with Crippen LogP contribution in [-0.4, -0.2) is 6.61 Å². The van der Waals surface area contributed by atoms with Crippen molar-refractivity contribution in [3.05, 3.63) is 53.8 Å². The van der Waals surface area contributed by atoms with Gasteiger partial charge in [0.1, 0.15) is 11.5 Å². The molecule has 2 nitrogen and oxygen atoms in total. The van der Waals surface area contributed by atoms with Crippen LogP contribution in [0.5, 0.6) is 17.2 Å². The fraction of sp³-hybridized carbons (Fsp3) is 0.200. The lowest BCUT2D eigenvalue weighted by molar-refractivity contribution is 0.339. The molecule has 0 N–H and O–H groups in total. The van der Waals surface area contributed by atoms with Crippen molar-refractivity contribution in [3.8, 4) is 17.2 Å². The van der Waals surface area contributed by atoms with Gasteiger partial charge in [0.2, 0.25) is 0 Å². The van der Waals surface area contributed by atoms with Gasteiger partial charge in [0.05, 0.1) is 12.5 Å². The summed E-state index contributed by atoms with van der Waals surface area (Å²) in [6, 6.07) is 11.7. The van der Waals surface area contributed by atoms with E-state index in [1.54, 1.807) is 36.4 Å². The zero-order valence-electron chi connectivity index (χ0n) is 10.5. The van der Waals surface area contributed by atoms with Gasteiger partial charge in [0, 0.05) is 5.56 Å². The zero-order valence-corrected chi connectivity index (χ0v) is 11.3. The fourth-order valence-electron chi connectivity index (χ4n) is 1.66. The number of alkyl halides is 1. The van der Waals surface area contributed by atoms with Gasteiger partial charge in [-0.05, 0) is 37.3 Å². The average Bonchev–Trinajstić information content (AvgIpc) is 2.43. The topological polar surface area (TPSA) is 18.5 Å². The van der Waals surface area contributed by atoms with Gasteiger partial charge in [-0.25, -0.2) is 4.39 Å². The van der Waals surface area contributed by atoms with Gasteiger partial charge < -0.3 is 9.47 Å². The van der Waals surface area contributed by atoms with Crippen molar-refractivity contribution in [2.75, 3.05) is 6.61 Å². The van der Waals surface area contributed by atoms with E-state index in [1.165, 1.54) is 6.07 Å². The van der Waals surface area contributed by atoms with Crippen molar-refractivity contribution < 1.29 is 13.9 Å². The summed E-state index contributed by atoms with van der Waals surface area (Å²) in [5.74, 6) is 1.24. The molecule has 0 aliphatic heterocycles. The quantitative estimate of drug-likeness (QED) is 0.736. The molecule has 2 aromatic rings. The molecule has 2 aromatic carbocycles. The van der Waals surface area contributed by atoms with Crippen LogP contribution < -0.4 is 9.47 Å². The first-order valence-corrected chi connectivity index (χ1v) is 6.52. The molecule has 0 radical (unpaired) electrons. The Bertz CT molecular complexity index is 540. The number of para-hydroxylation sites is 1. The summed E-state index contributed by atoms with van der Waals surface area (Å²) in [5, 5.41) is 0. The fourth-order valence-corrected chi connectivity index (χ4v) is 1.87. The molecule has 0 saturated heterocycles. The van der Waals surface area contributed by atoms with E-state index in [1.807, 2.05) is 6.92 Å². The van der Waals surface area contributed by atoms with Crippen molar-refractivity contribution in [2.45, 2.75) is 12.8 Å². The van der Waals surface area contributed by atoms with Gasteiger partial charge in [-0.3, -0.25) is 0 Å². The van der Waals surface area contributed by atoms with E-state index in [4.69, 9.17) is 21.1 Å². The van der Waals surface area contributed by atoms with Gasteiger partial charge >= 0.3 is 0 Å². The van der Waals surface area contributed by atoms with E-state index in [9.17, 15) is 4.39 Å². The molecular weight excluding hydrogens is 267 g/mol. The number of hydrogen-bond acceptors (Lipinski definition) is 2. The first-order chi connectivity index (χ1) is 9.24. The maximum absolute atomic E-state index is 13.7. The molecule has 0 aliphatic rings. The van der Waals surface area contributed by atoms with Gasteiger partial charge in [-0.1, -0.05) is 12.1 Å². The smallest absolute Gasteiger partial charge is 0.167 e. The minimum atomic E-state index is -0.424. The third-order valence-corrected chi connectivity index (χ3v) is 2.84. The van der Waals surface area contributed by atoms with Gasteiger partial charge in [-0.15, -0.1) is 11.6 Å². The molecule has 0 bridgehead atoms. The molecule has 0 aromatic heterocycles. The van der Waals surface area contributed by atoms with Crippen molar-refractivity contribution >= 4 is 11.6 Å². The molecular formula is C15H14ClFO2. The number of benzene rings is 2. The van der Waals surface area contributed by atoms with E-state index in [2.05, 4.69) is 0 Å². The standard InChI is InChI=1S/C15H14ClFO2/c1-2-18-12-6-8-13(9-7-12)19-15-11(10-16)4-3-5-14(15)17/h3-9H,2,10H2,1H3. The minimum absolute atomic E-state index is 0.168. The SMILES string of the molecule is CCOc1ccc(Oc2c(F)cccc2CCl)cc1. The highest BCUT2D eigenvalue weighted by Gasteiger charge is 2.10. The predicted molar refractivity (Wildman–Crippen MR) is 73.6 cm³/mol. The van der Waals surface area contributed by atoms with Crippen molar-refractivity contribution in [1.29, 1.82) is 0 Å². The third kappa shape index (κ3) is 3.38. The summed E-state index contributed by atoms with van der Waals surface area (Å²) in [6.45, 7) is 2.51. The highest BCUT2D eigenvalue weighted by molar-refractivity contribution is 6.17. The number of halogens is 2. The van der Waals surface area contributed by atoms with Crippen LogP contribution in [0.25, 0.3) is 0 Å². The second-order valence-corrected chi connectivity index (χ2v) is 4.14.